The summed E-state index contributed by atoms with van der Waals surface area (Å²) in [6, 6.07) is 17.4. The van der Waals surface area contributed by atoms with Crippen molar-refractivity contribution in [2.24, 2.45) is 0 Å². The van der Waals surface area contributed by atoms with Crippen LogP contribution in [0, 0.1) is 0 Å². The van der Waals surface area contributed by atoms with Gasteiger partial charge in [0.15, 0.2) is 0 Å². The third kappa shape index (κ3) is 4.06. The number of ether oxygens (including phenoxy) is 1. The Hall–Kier alpha value is -1.98. The first-order valence-electron chi connectivity index (χ1n) is 7.71. The molecular weight excluding hydrogens is 308 g/mol. The van der Waals surface area contributed by atoms with Crippen molar-refractivity contribution in [3.63, 3.8) is 0 Å². The lowest BCUT2D eigenvalue weighted by atomic mass is 10.1. The van der Waals surface area contributed by atoms with Gasteiger partial charge in [-0.2, -0.15) is 12.6 Å². The van der Waals surface area contributed by atoms with E-state index in [1.54, 1.807) is 0 Å². The number of morpholine rings is 1. The molecule has 1 fully saturated rings. The van der Waals surface area contributed by atoms with E-state index in [1.807, 2.05) is 54.6 Å². The van der Waals surface area contributed by atoms with Gasteiger partial charge in [0.2, 0.25) is 5.91 Å². The van der Waals surface area contributed by atoms with Crippen molar-refractivity contribution in [2.45, 2.75) is 5.25 Å². The molecule has 1 N–H and O–H groups in total. The molecule has 1 amide bonds. The van der Waals surface area contributed by atoms with E-state index in [1.165, 1.54) is 0 Å². The minimum absolute atomic E-state index is 0.126. The van der Waals surface area contributed by atoms with Crippen molar-refractivity contribution < 1.29 is 9.53 Å². The van der Waals surface area contributed by atoms with Gasteiger partial charge in [0.05, 0.1) is 13.2 Å². The van der Waals surface area contributed by atoms with Gasteiger partial charge in [-0.05, 0) is 29.8 Å². The number of thiol groups is 1. The summed E-state index contributed by atoms with van der Waals surface area (Å²) in [4.78, 5) is 14.6. The standard InChI is InChI=1S/C18H20N2O2S/c21-18(17(23)14-4-2-1-3-5-14)19-15-6-8-16(9-7-15)20-10-12-22-13-11-20/h1-9,17,23H,10-13H2,(H,19,21). The zero-order valence-corrected chi connectivity index (χ0v) is 13.7. The molecule has 1 aliphatic rings. The molecule has 0 aliphatic carbocycles. The molecule has 3 rings (SSSR count). The SMILES string of the molecule is O=C(Nc1ccc(N2CCOCC2)cc1)C(S)c1ccccc1. The van der Waals surface area contributed by atoms with Crippen LogP contribution in [0.25, 0.3) is 0 Å². The summed E-state index contributed by atoms with van der Waals surface area (Å²) in [6.45, 7) is 3.32. The number of carbonyl (C=O) groups excluding carboxylic acids is 1. The van der Waals surface area contributed by atoms with Crippen LogP contribution >= 0.6 is 12.6 Å². The molecule has 0 saturated carbocycles. The smallest absolute Gasteiger partial charge is 0.241 e. The molecule has 1 atom stereocenters. The zero-order chi connectivity index (χ0) is 16.1. The molecule has 0 radical (unpaired) electrons. The molecule has 0 spiro atoms. The lowest BCUT2D eigenvalue weighted by molar-refractivity contribution is -0.115. The molecule has 1 saturated heterocycles. The molecule has 5 heteroatoms. The average molecular weight is 328 g/mol. The summed E-state index contributed by atoms with van der Waals surface area (Å²) in [5.41, 5.74) is 2.82. The predicted octanol–water partition coefficient (Wildman–Crippen LogP) is 3.13. The number of hydrogen-bond acceptors (Lipinski definition) is 4. The number of amides is 1. The molecule has 1 heterocycles. The maximum Gasteiger partial charge on any atom is 0.241 e. The second kappa shape index (κ2) is 7.53. The van der Waals surface area contributed by atoms with Gasteiger partial charge < -0.3 is 15.0 Å². The van der Waals surface area contributed by atoms with Gasteiger partial charge in [-0.1, -0.05) is 30.3 Å². The Morgan fingerprint density at radius 3 is 2.35 bits per heavy atom. The van der Waals surface area contributed by atoms with E-state index in [0.717, 1.165) is 43.2 Å². The number of nitrogens with one attached hydrogen (secondary N) is 1. The fraction of sp³-hybridized carbons (Fsp3) is 0.278. The Morgan fingerprint density at radius 2 is 1.70 bits per heavy atom. The molecule has 0 aromatic heterocycles. The van der Waals surface area contributed by atoms with Gasteiger partial charge in [-0.3, -0.25) is 4.79 Å². The lowest BCUT2D eigenvalue weighted by Crippen LogP contribution is -2.36. The largest absolute Gasteiger partial charge is 0.378 e. The highest BCUT2D eigenvalue weighted by molar-refractivity contribution is 7.81. The van der Waals surface area contributed by atoms with Crippen LogP contribution in [0.15, 0.2) is 54.6 Å². The van der Waals surface area contributed by atoms with Gasteiger partial charge in [0.1, 0.15) is 5.25 Å². The van der Waals surface area contributed by atoms with Crippen molar-refractivity contribution in [3.05, 3.63) is 60.2 Å². The summed E-state index contributed by atoms with van der Waals surface area (Å²) in [6.07, 6.45) is 0. The Morgan fingerprint density at radius 1 is 1.04 bits per heavy atom. The summed E-state index contributed by atoms with van der Waals surface area (Å²) in [5, 5.41) is 2.44. The fourth-order valence-electron chi connectivity index (χ4n) is 2.57. The van der Waals surface area contributed by atoms with E-state index < -0.39 is 5.25 Å². The number of carbonyl (C=O) groups is 1. The number of benzene rings is 2. The predicted molar refractivity (Wildman–Crippen MR) is 96.3 cm³/mol. The van der Waals surface area contributed by atoms with Crippen LogP contribution in [0.3, 0.4) is 0 Å². The first kappa shape index (κ1) is 15.9. The van der Waals surface area contributed by atoms with Crippen LogP contribution < -0.4 is 10.2 Å². The Labute approximate surface area is 141 Å². The van der Waals surface area contributed by atoms with Crippen LogP contribution in [-0.2, 0) is 9.53 Å². The summed E-state index contributed by atoms with van der Waals surface area (Å²) in [5.74, 6) is -0.126. The first-order chi connectivity index (χ1) is 11.2. The van der Waals surface area contributed by atoms with E-state index >= 15 is 0 Å². The van der Waals surface area contributed by atoms with Crippen LogP contribution in [-0.4, -0.2) is 32.2 Å². The number of anilines is 2. The van der Waals surface area contributed by atoms with Gasteiger partial charge in [0, 0.05) is 24.5 Å². The molecule has 23 heavy (non-hydrogen) atoms. The number of hydrogen-bond donors (Lipinski definition) is 2. The highest BCUT2D eigenvalue weighted by atomic mass is 32.1. The maximum absolute atomic E-state index is 12.3. The zero-order valence-electron chi connectivity index (χ0n) is 12.8. The van der Waals surface area contributed by atoms with E-state index in [9.17, 15) is 4.79 Å². The van der Waals surface area contributed by atoms with Crippen molar-refractivity contribution in [1.29, 1.82) is 0 Å². The van der Waals surface area contributed by atoms with Crippen molar-refractivity contribution >= 4 is 29.9 Å². The summed E-state index contributed by atoms with van der Waals surface area (Å²) >= 11 is 4.41. The van der Waals surface area contributed by atoms with Crippen LogP contribution in [0.1, 0.15) is 10.8 Å². The Bertz CT molecular complexity index is 640. The molecular formula is C18H20N2O2S. The third-order valence-corrected chi connectivity index (χ3v) is 4.41. The topological polar surface area (TPSA) is 41.6 Å². The Balaban J connectivity index is 1.62. The number of nitrogens with zero attached hydrogens (tertiary/aromatic N) is 1. The lowest BCUT2D eigenvalue weighted by Gasteiger charge is -2.28. The van der Waals surface area contributed by atoms with Gasteiger partial charge in [-0.25, -0.2) is 0 Å². The van der Waals surface area contributed by atoms with E-state index in [0.29, 0.717) is 0 Å². The Kier molecular flexibility index (Phi) is 5.20. The maximum atomic E-state index is 12.3. The average Bonchev–Trinajstić information content (AvgIpc) is 2.63. The summed E-state index contributed by atoms with van der Waals surface area (Å²) < 4.78 is 5.36. The quantitative estimate of drug-likeness (QED) is 0.847. The molecule has 2 aromatic rings. The normalized spacial score (nSPS) is 16.0. The molecule has 1 unspecified atom stereocenters. The highest BCUT2D eigenvalue weighted by Gasteiger charge is 2.16. The second-order valence-electron chi connectivity index (χ2n) is 5.45. The van der Waals surface area contributed by atoms with E-state index in [2.05, 4.69) is 22.8 Å². The number of rotatable bonds is 4. The first-order valence-corrected chi connectivity index (χ1v) is 8.22. The highest BCUT2D eigenvalue weighted by Crippen LogP contribution is 2.23. The van der Waals surface area contributed by atoms with Crippen molar-refractivity contribution in [2.75, 3.05) is 36.5 Å². The molecule has 4 nitrogen and oxygen atoms in total. The molecule has 2 aromatic carbocycles. The monoisotopic (exact) mass is 328 g/mol. The molecule has 120 valence electrons. The minimum atomic E-state index is -0.477. The van der Waals surface area contributed by atoms with Gasteiger partial charge in [-0.15, -0.1) is 0 Å². The van der Waals surface area contributed by atoms with Gasteiger partial charge in [0.25, 0.3) is 0 Å². The van der Waals surface area contributed by atoms with Crippen molar-refractivity contribution in [1.82, 2.24) is 0 Å². The molecule has 0 bridgehead atoms. The van der Waals surface area contributed by atoms with E-state index in [4.69, 9.17) is 4.74 Å². The van der Waals surface area contributed by atoms with E-state index in [-0.39, 0.29) is 5.91 Å². The second-order valence-corrected chi connectivity index (χ2v) is 5.97. The fourth-order valence-corrected chi connectivity index (χ4v) is 2.81. The van der Waals surface area contributed by atoms with Crippen LogP contribution in [0.5, 0.6) is 0 Å². The third-order valence-electron chi connectivity index (χ3n) is 3.87. The van der Waals surface area contributed by atoms with Crippen LogP contribution in [0.4, 0.5) is 11.4 Å². The van der Waals surface area contributed by atoms with Crippen LogP contribution in [0.2, 0.25) is 0 Å². The molecule has 1 aliphatic heterocycles. The van der Waals surface area contributed by atoms with Crippen molar-refractivity contribution in [3.8, 4) is 0 Å². The minimum Gasteiger partial charge on any atom is -0.378 e. The summed E-state index contributed by atoms with van der Waals surface area (Å²) in [7, 11) is 0. The van der Waals surface area contributed by atoms with Gasteiger partial charge >= 0.3 is 0 Å².